The van der Waals surface area contributed by atoms with E-state index in [0.29, 0.717) is 6.42 Å². The van der Waals surface area contributed by atoms with Gasteiger partial charge in [-0.25, -0.2) is 0 Å². The molecule has 0 amide bonds. The predicted molar refractivity (Wildman–Crippen MR) is 64.3 cm³/mol. The van der Waals surface area contributed by atoms with E-state index in [0.717, 1.165) is 25.7 Å². The molecule has 2 unspecified atom stereocenters. The van der Waals surface area contributed by atoms with E-state index in [1.807, 2.05) is 0 Å². The van der Waals surface area contributed by atoms with Crippen molar-refractivity contribution in [1.82, 2.24) is 0 Å². The van der Waals surface area contributed by atoms with Crippen LogP contribution in [0.5, 0.6) is 0 Å². The smallest absolute Gasteiger partial charge is 0.322 e. The van der Waals surface area contributed by atoms with Crippen molar-refractivity contribution in [2.45, 2.75) is 51.2 Å². The zero-order valence-corrected chi connectivity index (χ0v) is 10.9. The minimum Gasteiger partial charge on any atom is -0.322 e. The summed E-state index contributed by atoms with van der Waals surface area (Å²) in [6.45, 7) is 2.20. The Morgan fingerprint density at radius 2 is 1.94 bits per heavy atom. The lowest BCUT2D eigenvalue weighted by Gasteiger charge is -2.11. The fourth-order valence-corrected chi connectivity index (χ4v) is 2.10. The first-order chi connectivity index (χ1) is 8.08. The molecule has 2 atom stereocenters. The molecule has 0 heterocycles. The van der Waals surface area contributed by atoms with Crippen LogP contribution >= 0.6 is 7.60 Å². The van der Waals surface area contributed by atoms with Crippen molar-refractivity contribution in [3.63, 3.8) is 0 Å². The molecule has 0 aliphatic heterocycles. The van der Waals surface area contributed by atoms with E-state index >= 15 is 0 Å². The molecule has 0 aromatic heterocycles. The summed E-state index contributed by atoms with van der Waals surface area (Å²) in [6.07, 6.45) is 6.10. The van der Waals surface area contributed by atoms with Gasteiger partial charge < -0.3 is 9.42 Å². The van der Waals surface area contributed by atoms with Gasteiger partial charge in [0.1, 0.15) is 6.07 Å². The molecule has 0 bridgehead atoms. The molecule has 1 N–H and O–H groups in total. The molecule has 0 saturated heterocycles. The van der Waals surface area contributed by atoms with Gasteiger partial charge in [0.05, 0.1) is 6.61 Å². The first-order valence-corrected chi connectivity index (χ1v) is 7.42. The molecular weight excluding hydrogens is 243 g/mol. The quantitative estimate of drug-likeness (QED) is 0.370. The van der Waals surface area contributed by atoms with Crippen LogP contribution in [-0.4, -0.2) is 17.3 Å². The first kappa shape index (κ1) is 16.2. The SMILES string of the molecule is CCCCCCCCOP(=O)(O)C(C#N)N=O. The van der Waals surface area contributed by atoms with Crippen molar-refractivity contribution >= 4 is 7.60 Å². The molecule has 6 nitrogen and oxygen atoms in total. The van der Waals surface area contributed by atoms with Crippen LogP contribution in [-0.2, 0) is 9.09 Å². The number of rotatable bonds is 10. The van der Waals surface area contributed by atoms with E-state index in [2.05, 4.69) is 16.6 Å². The predicted octanol–water partition coefficient (Wildman–Crippen LogP) is 3.16. The Morgan fingerprint density at radius 3 is 2.47 bits per heavy atom. The molecule has 98 valence electrons. The highest BCUT2D eigenvalue weighted by atomic mass is 31.2. The summed E-state index contributed by atoms with van der Waals surface area (Å²) in [5.41, 5.74) is 0. The van der Waals surface area contributed by atoms with Gasteiger partial charge in [-0.05, 0) is 11.6 Å². The third-order valence-corrected chi connectivity index (χ3v) is 3.68. The molecule has 0 radical (unpaired) electrons. The first-order valence-electron chi connectivity index (χ1n) is 5.77. The fourth-order valence-electron chi connectivity index (χ4n) is 1.30. The second kappa shape index (κ2) is 9.29. The Balaban J connectivity index is 3.70. The molecule has 7 heteroatoms. The van der Waals surface area contributed by atoms with E-state index in [-0.39, 0.29) is 6.61 Å². The van der Waals surface area contributed by atoms with E-state index in [1.165, 1.54) is 12.5 Å². The highest BCUT2D eigenvalue weighted by Gasteiger charge is 2.33. The lowest BCUT2D eigenvalue weighted by atomic mass is 10.1. The maximum Gasteiger partial charge on any atom is 0.370 e. The van der Waals surface area contributed by atoms with Crippen LogP contribution in [0.1, 0.15) is 45.4 Å². The molecule has 0 aliphatic carbocycles. The van der Waals surface area contributed by atoms with Gasteiger partial charge in [-0.3, -0.25) is 4.57 Å². The third kappa shape index (κ3) is 7.22. The summed E-state index contributed by atoms with van der Waals surface area (Å²) in [5.74, 6) is -1.82. The summed E-state index contributed by atoms with van der Waals surface area (Å²) in [4.78, 5) is 19.3. The van der Waals surface area contributed by atoms with Crippen LogP contribution in [0.15, 0.2) is 5.18 Å². The average molecular weight is 262 g/mol. The van der Waals surface area contributed by atoms with Crippen LogP contribution < -0.4 is 0 Å². The Bertz CT molecular complexity index is 303. The maximum absolute atomic E-state index is 11.3. The number of hydrogen-bond acceptors (Lipinski definition) is 5. The number of unbranched alkanes of at least 4 members (excludes halogenated alkanes) is 5. The summed E-state index contributed by atoms with van der Waals surface area (Å²) >= 11 is 0. The van der Waals surface area contributed by atoms with Crippen LogP contribution in [0.4, 0.5) is 0 Å². The van der Waals surface area contributed by atoms with E-state index in [4.69, 9.17) is 5.26 Å². The molecule has 0 saturated carbocycles. The number of nitriles is 1. The third-order valence-electron chi connectivity index (χ3n) is 2.30. The van der Waals surface area contributed by atoms with Gasteiger partial charge in [0.2, 0.25) is 0 Å². The summed E-state index contributed by atoms with van der Waals surface area (Å²) in [6, 6.07) is 1.34. The zero-order chi connectivity index (χ0) is 13.1. The molecule has 0 aromatic rings. The van der Waals surface area contributed by atoms with Crippen LogP contribution in [0.3, 0.4) is 0 Å². The van der Waals surface area contributed by atoms with Gasteiger partial charge in [0, 0.05) is 0 Å². The van der Waals surface area contributed by atoms with Gasteiger partial charge >= 0.3 is 7.60 Å². The van der Waals surface area contributed by atoms with Crippen molar-refractivity contribution < 1.29 is 14.0 Å². The topological polar surface area (TPSA) is 99.8 Å². The van der Waals surface area contributed by atoms with Crippen molar-refractivity contribution in [2.75, 3.05) is 6.61 Å². The van der Waals surface area contributed by atoms with Gasteiger partial charge in [-0.15, -0.1) is 4.91 Å². The Labute approximate surface area is 101 Å². The van der Waals surface area contributed by atoms with Crippen molar-refractivity contribution in [2.24, 2.45) is 5.18 Å². The lowest BCUT2D eigenvalue weighted by Crippen LogP contribution is -2.05. The van der Waals surface area contributed by atoms with Gasteiger partial charge in [-0.2, -0.15) is 5.26 Å². The highest BCUT2D eigenvalue weighted by Crippen LogP contribution is 2.47. The lowest BCUT2D eigenvalue weighted by molar-refractivity contribution is 0.249. The molecule has 0 fully saturated rings. The number of hydrogen-bond donors (Lipinski definition) is 1. The van der Waals surface area contributed by atoms with Crippen LogP contribution in [0.2, 0.25) is 0 Å². The summed E-state index contributed by atoms with van der Waals surface area (Å²) < 4.78 is 16.0. The number of nitrogens with zero attached hydrogens (tertiary/aromatic N) is 2. The van der Waals surface area contributed by atoms with Crippen molar-refractivity contribution in [1.29, 1.82) is 5.26 Å². The second-order valence-corrected chi connectivity index (χ2v) is 5.65. The monoisotopic (exact) mass is 262 g/mol. The molecule has 0 aliphatic rings. The maximum atomic E-state index is 11.3. The van der Waals surface area contributed by atoms with Crippen molar-refractivity contribution in [3.8, 4) is 6.07 Å². The van der Waals surface area contributed by atoms with E-state index in [9.17, 15) is 14.4 Å². The van der Waals surface area contributed by atoms with Gasteiger partial charge in [-0.1, -0.05) is 39.0 Å². The van der Waals surface area contributed by atoms with Gasteiger partial charge in [0.15, 0.2) is 0 Å². The molecule has 0 rings (SSSR count). The Hall–Kier alpha value is -0.760. The largest absolute Gasteiger partial charge is 0.370 e. The molecular formula is C10H19N2O4P. The Kier molecular flexibility index (Phi) is 8.87. The zero-order valence-electron chi connectivity index (χ0n) is 10.0. The fraction of sp³-hybridized carbons (Fsp3) is 0.900. The van der Waals surface area contributed by atoms with Crippen LogP contribution in [0, 0.1) is 16.2 Å². The van der Waals surface area contributed by atoms with Crippen molar-refractivity contribution in [3.05, 3.63) is 4.91 Å². The minimum atomic E-state index is -4.20. The Morgan fingerprint density at radius 1 is 1.35 bits per heavy atom. The molecule has 0 aromatic carbocycles. The van der Waals surface area contributed by atoms with E-state index in [1.54, 1.807) is 0 Å². The van der Waals surface area contributed by atoms with E-state index < -0.39 is 13.4 Å². The number of nitroso groups, excluding NO2 is 1. The highest BCUT2D eigenvalue weighted by molar-refractivity contribution is 7.53. The summed E-state index contributed by atoms with van der Waals surface area (Å²) in [5, 5.41) is 10.7. The minimum absolute atomic E-state index is 0.0770. The normalized spacial score (nSPS) is 15.8. The second-order valence-electron chi connectivity index (χ2n) is 3.77. The standard InChI is InChI=1S/C10H19N2O4P/c1-2-3-4-5-6-7-8-16-17(14,15)10(9-11)12-13/h10H,2-8H2,1H3,(H,14,15). The van der Waals surface area contributed by atoms with Gasteiger partial charge in [0.25, 0.3) is 5.78 Å². The molecule has 17 heavy (non-hydrogen) atoms. The summed E-state index contributed by atoms with van der Waals surface area (Å²) in [7, 11) is -4.20. The average Bonchev–Trinajstić information content (AvgIpc) is 2.29. The van der Waals surface area contributed by atoms with Crippen LogP contribution in [0.25, 0.3) is 0 Å². The molecule has 0 spiro atoms.